The van der Waals surface area contributed by atoms with E-state index in [1.54, 1.807) is 6.08 Å². The summed E-state index contributed by atoms with van der Waals surface area (Å²) >= 11 is 0. The average molecular weight is 1040 g/mol. The summed E-state index contributed by atoms with van der Waals surface area (Å²) in [5.74, 6) is -0.0392. The summed E-state index contributed by atoms with van der Waals surface area (Å²) in [7, 11) is 0. The largest absolute Gasteiger partial charge is 0.466 e. The Morgan fingerprint density at radius 1 is 0.365 bits per heavy atom. The third-order valence-corrected chi connectivity index (χ3v) is 16.1. The van der Waals surface area contributed by atoms with Gasteiger partial charge in [0.2, 0.25) is 5.91 Å². The van der Waals surface area contributed by atoms with Crippen LogP contribution in [-0.4, -0.2) is 47.4 Å². The highest BCUT2D eigenvalue weighted by Gasteiger charge is 2.18. The number of aliphatic hydroxyl groups is 2. The van der Waals surface area contributed by atoms with E-state index in [1.807, 2.05) is 6.08 Å². The van der Waals surface area contributed by atoms with Gasteiger partial charge in [-0.2, -0.15) is 0 Å². The topological polar surface area (TPSA) is 95.9 Å². The molecule has 0 spiro atoms. The van der Waals surface area contributed by atoms with Crippen LogP contribution in [0.25, 0.3) is 0 Å². The third kappa shape index (κ3) is 59.8. The number of carbonyl (C=O) groups is 2. The molecule has 0 aromatic rings. The van der Waals surface area contributed by atoms with E-state index in [-0.39, 0.29) is 18.5 Å². The number of allylic oxidation sites excluding steroid dienone is 1. The molecular weight excluding hydrogens is 911 g/mol. The number of amides is 1. The van der Waals surface area contributed by atoms with E-state index >= 15 is 0 Å². The predicted molar refractivity (Wildman–Crippen MR) is 324 cm³/mol. The van der Waals surface area contributed by atoms with Crippen LogP contribution >= 0.6 is 0 Å². The van der Waals surface area contributed by atoms with Gasteiger partial charge in [-0.25, -0.2) is 0 Å². The van der Waals surface area contributed by atoms with Crippen LogP contribution < -0.4 is 5.32 Å². The standard InChI is InChI=1S/C68H133NO5/c1-3-5-7-9-11-13-14-15-35-39-42-46-50-54-58-62-68(73)74-63-59-55-51-47-43-40-37-34-32-30-28-26-24-22-20-18-16-17-19-21-23-25-27-29-31-33-36-38-41-45-49-53-57-61-67(72)69-65(64-70)66(71)60-56-52-48-44-12-10-8-6-4-2/h56,60,65-66,70-71H,3-55,57-59,61-64H2,1-2H3,(H,69,72)/b60-56+. The molecule has 0 rings (SSSR count). The van der Waals surface area contributed by atoms with Gasteiger partial charge in [-0.1, -0.05) is 353 Å². The van der Waals surface area contributed by atoms with Crippen molar-refractivity contribution in [3.63, 3.8) is 0 Å². The Bertz CT molecular complexity index is 1110. The summed E-state index contributed by atoms with van der Waals surface area (Å²) in [6.45, 7) is 4.91. The lowest BCUT2D eigenvalue weighted by atomic mass is 10.0. The zero-order chi connectivity index (χ0) is 53.6. The smallest absolute Gasteiger partial charge is 0.305 e. The summed E-state index contributed by atoms with van der Waals surface area (Å²) in [5, 5.41) is 23.0. The van der Waals surface area contributed by atoms with Crippen molar-refractivity contribution in [1.29, 1.82) is 0 Å². The van der Waals surface area contributed by atoms with Gasteiger partial charge in [-0.15, -0.1) is 0 Å². The van der Waals surface area contributed by atoms with Gasteiger partial charge >= 0.3 is 5.97 Å². The van der Waals surface area contributed by atoms with Gasteiger partial charge in [0, 0.05) is 12.8 Å². The molecule has 2 atom stereocenters. The van der Waals surface area contributed by atoms with Crippen LogP contribution in [0.2, 0.25) is 0 Å². The first kappa shape index (κ1) is 72.6. The molecular formula is C68H133NO5. The van der Waals surface area contributed by atoms with Crippen LogP contribution in [0.4, 0.5) is 0 Å². The first-order valence-electron chi connectivity index (χ1n) is 34.0. The van der Waals surface area contributed by atoms with E-state index in [2.05, 4.69) is 19.2 Å². The van der Waals surface area contributed by atoms with E-state index in [0.717, 1.165) is 38.5 Å². The number of ether oxygens (including phenoxy) is 1. The van der Waals surface area contributed by atoms with Crippen molar-refractivity contribution in [3.05, 3.63) is 12.2 Å². The zero-order valence-corrected chi connectivity index (χ0v) is 50.4. The quantitative estimate of drug-likeness (QED) is 0.0320. The molecule has 0 fully saturated rings. The monoisotopic (exact) mass is 1040 g/mol. The molecule has 0 bridgehead atoms. The minimum absolute atomic E-state index is 0.0250. The van der Waals surface area contributed by atoms with Gasteiger partial charge in [0.05, 0.1) is 25.4 Å². The molecule has 6 nitrogen and oxygen atoms in total. The fraction of sp³-hybridized carbons (Fsp3) is 0.941. The van der Waals surface area contributed by atoms with Crippen LogP contribution in [0, 0.1) is 0 Å². The number of hydrogen-bond donors (Lipinski definition) is 3. The van der Waals surface area contributed by atoms with E-state index in [1.165, 1.54) is 321 Å². The summed E-state index contributed by atoms with van der Waals surface area (Å²) in [6.07, 6.45) is 78.8. The molecule has 3 N–H and O–H groups in total. The van der Waals surface area contributed by atoms with Gasteiger partial charge in [0.25, 0.3) is 0 Å². The van der Waals surface area contributed by atoms with Gasteiger partial charge in [0.15, 0.2) is 0 Å². The molecule has 440 valence electrons. The van der Waals surface area contributed by atoms with Gasteiger partial charge in [-0.05, 0) is 32.1 Å². The highest BCUT2D eigenvalue weighted by atomic mass is 16.5. The molecule has 0 aromatic heterocycles. The fourth-order valence-electron chi connectivity index (χ4n) is 10.9. The van der Waals surface area contributed by atoms with E-state index in [0.29, 0.717) is 19.4 Å². The van der Waals surface area contributed by atoms with Crippen LogP contribution in [-0.2, 0) is 14.3 Å². The zero-order valence-electron chi connectivity index (χ0n) is 50.4. The maximum absolute atomic E-state index is 12.4. The van der Waals surface area contributed by atoms with Crippen molar-refractivity contribution in [2.75, 3.05) is 13.2 Å². The third-order valence-electron chi connectivity index (χ3n) is 16.1. The maximum atomic E-state index is 12.4. The van der Waals surface area contributed by atoms with Crippen molar-refractivity contribution < 1.29 is 24.5 Å². The lowest BCUT2D eigenvalue weighted by Crippen LogP contribution is -2.45. The number of carbonyl (C=O) groups excluding carboxylic acids is 2. The van der Waals surface area contributed by atoms with Gasteiger partial charge in [0.1, 0.15) is 0 Å². The Balaban J connectivity index is 3.28. The predicted octanol–water partition coefficient (Wildman–Crippen LogP) is 21.6. The molecule has 6 heteroatoms. The van der Waals surface area contributed by atoms with Crippen LogP contribution in [0.5, 0.6) is 0 Å². The van der Waals surface area contributed by atoms with E-state index in [4.69, 9.17) is 4.74 Å². The van der Waals surface area contributed by atoms with Crippen LogP contribution in [0.1, 0.15) is 386 Å². The Morgan fingerprint density at radius 3 is 0.919 bits per heavy atom. The fourth-order valence-corrected chi connectivity index (χ4v) is 10.9. The molecule has 1 amide bonds. The number of aliphatic hydroxyl groups excluding tert-OH is 2. The van der Waals surface area contributed by atoms with Gasteiger partial charge < -0.3 is 20.3 Å². The number of esters is 1. The summed E-state index contributed by atoms with van der Waals surface area (Å²) in [5.41, 5.74) is 0. The van der Waals surface area contributed by atoms with Crippen molar-refractivity contribution >= 4 is 11.9 Å². The second-order valence-electron chi connectivity index (χ2n) is 23.5. The summed E-state index contributed by atoms with van der Waals surface area (Å²) in [6, 6.07) is -0.621. The summed E-state index contributed by atoms with van der Waals surface area (Å²) < 4.78 is 5.50. The minimum atomic E-state index is -0.838. The lowest BCUT2D eigenvalue weighted by Gasteiger charge is -2.20. The van der Waals surface area contributed by atoms with E-state index in [9.17, 15) is 19.8 Å². The van der Waals surface area contributed by atoms with Crippen molar-refractivity contribution in [1.82, 2.24) is 5.32 Å². The molecule has 0 aliphatic heterocycles. The average Bonchev–Trinajstić information content (AvgIpc) is 3.40. The number of rotatable bonds is 64. The number of hydrogen-bond acceptors (Lipinski definition) is 5. The molecule has 0 aromatic carbocycles. The Hall–Kier alpha value is -1.40. The molecule has 0 aliphatic carbocycles. The van der Waals surface area contributed by atoms with Crippen LogP contribution in [0.15, 0.2) is 12.2 Å². The molecule has 0 saturated heterocycles. The SMILES string of the molecule is CCCCCCCCC/C=C/C(O)C(CO)NC(=O)CCCCCCCCCCCCCCCCCCCCCCCCCCCCCCCCCCCOC(=O)CCCCCCCCCCCCCCCCC. The van der Waals surface area contributed by atoms with Crippen LogP contribution in [0.3, 0.4) is 0 Å². The van der Waals surface area contributed by atoms with E-state index < -0.39 is 12.1 Å². The molecule has 74 heavy (non-hydrogen) atoms. The molecule has 2 unspecified atom stereocenters. The van der Waals surface area contributed by atoms with Crippen molar-refractivity contribution in [2.24, 2.45) is 0 Å². The Morgan fingerprint density at radius 2 is 0.622 bits per heavy atom. The van der Waals surface area contributed by atoms with Crippen molar-refractivity contribution in [3.8, 4) is 0 Å². The highest BCUT2D eigenvalue weighted by molar-refractivity contribution is 5.76. The second kappa shape index (κ2) is 64.1. The van der Waals surface area contributed by atoms with Gasteiger partial charge in [-0.3, -0.25) is 9.59 Å². The normalized spacial score (nSPS) is 12.5. The molecule has 0 saturated carbocycles. The lowest BCUT2D eigenvalue weighted by molar-refractivity contribution is -0.143. The minimum Gasteiger partial charge on any atom is -0.466 e. The molecule has 0 aliphatic rings. The number of unbranched alkanes of at least 4 members (excludes halogenated alkanes) is 53. The maximum Gasteiger partial charge on any atom is 0.305 e. The van der Waals surface area contributed by atoms with Crippen molar-refractivity contribution in [2.45, 2.75) is 398 Å². The highest BCUT2D eigenvalue weighted by Crippen LogP contribution is 2.19. The molecule has 0 radical (unpaired) electrons. The summed E-state index contributed by atoms with van der Waals surface area (Å²) in [4.78, 5) is 24.5. The first-order chi connectivity index (χ1) is 36.5. The molecule has 0 heterocycles. The number of nitrogens with one attached hydrogen (secondary N) is 1. The first-order valence-corrected chi connectivity index (χ1v) is 34.0. The second-order valence-corrected chi connectivity index (χ2v) is 23.5. The Labute approximate surface area is 463 Å². The Kier molecular flexibility index (Phi) is 62.9.